The summed E-state index contributed by atoms with van der Waals surface area (Å²) in [6.45, 7) is -2.39. The summed E-state index contributed by atoms with van der Waals surface area (Å²) in [5.74, 6) is 0.639. The minimum Gasteiger partial charge on any atom is -0.454 e. The van der Waals surface area contributed by atoms with Crippen LogP contribution in [0.1, 0.15) is 18.4 Å². The summed E-state index contributed by atoms with van der Waals surface area (Å²) in [5, 5.41) is 0. The van der Waals surface area contributed by atoms with Crippen LogP contribution in [0, 0.1) is 0 Å². The third kappa shape index (κ3) is 5.11. The van der Waals surface area contributed by atoms with E-state index in [1.807, 2.05) is 0 Å². The lowest BCUT2D eigenvalue weighted by molar-refractivity contribution is -0.130. The van der Waals surface area contributed by atoms with Gasteiger partial charge in [0.25, 0.3) is 0 Å². The number of halogens is 3. The van der Waals surface area contributed by atoms with Crippen LogP contribution in [0.2, 0.25) is 0 Å². The van der Waals surface area contributed by atoms with Crippen LogP contribution in [0.5, 0.6) is 17.2 Å². The smallest absolute Gasteiger partial charge is 0.387 e. The highest BCUT2D eigenvalue weighted by molar-refractivity contribution is 5.85. The highest BCUT2D eigenvalue weighted by Crippen LogP contribution is 2.39. The second-order valence-corrected chi connectivity index (χ2v) is 4.83. The standard InChI is InChI=1S/C14H18F2N2O4.ClH/c1-18(13(19)3-2-4-17)7-9-5-11-12(21-8-20-11)6-10(9)22-14(15)16;/h5-6,14H,2-4,7-8,17H2,1H3;1H. The van der Waals surface area contributed by atoms with E-state index >= 15 is 0 Å². The fourth-order valence-electron chi connectivity index (χ4n) is 2.08. The first kappa shape index (κ1) is 19.2. The number of carbonyl (C=O) groups excluding carboxylic acids is 1. The van der Waals surface area contributed by atoms with Gasteiger partial charge in [-0.05, 0) is 19.0 Å². The van der Waals surface area contributed by atoms with E-state index in [4.69, 9.17) is 15.2 Å². The maximum Gasteiger partial charge on any atom is 0.387 e. The molecule has 130 valence electrons. The topological polar surface area (TPSA) is 74.0 Å². The van der Waals surface area contributed by atoms with Gasteiger partial charge in [-0.1, -0.05) is 0 Å². The van der Waals surface area contributed by atoms with E-state index in [0.29, 0.717) is 36.4 Å². The normalized spacial score (nSPS) is 12.0. The van der Waals surface area contributed by atoms with Crippen LogP contribution in [0.25, 0.3) is 0 Å². The number of benzene rings is 1. The molecule has 23 heavy (non-hydrogen) atoms. The highest BCUT2D eigenvalue weighted by atomic mass is 35.5. The Hall–Kier alpha value is -1.80. The zero-order chi connectivity index (χ0) is 16.1. The van der Waals surface area contributed by atoms with Crippen molar-refractivity contribution in [1.29, 1.82) is 0 Å². The summed E-state index contributed by atoms with van der Waals surface area (Å²) in [6, 6.07) is 2.90. The maximum atomic E-state index is 12.5. The Labute approximate surface area is 138 Å². The Balaban J connectivity index is 0.00000264. The average Bonchev–Trinajstić information content (AvgIpc) is 2.91. The van der Waals surface area contributed by atoms with Gasteiger partial charge >= 0.3 is 6.61 Å². The zero-order valence-corrected chi connectivity index (χ0v) is 13.4. The van der Waals surface area contributed by atoms with Crippen molar-refractivity contribution in [2.75, 3.05) is 20.4 Å². The number of hydrogen-bond acceptors (Lipinski definition) is 5. The summed E-state index contributed by atoms with van der Waals surface area (Å²) < 4.78 is 39.9. The summed E-state index contributed by atoms with van der Waals surface area (Å²) in [6.07, 6.45) is 0.882. The number of amides is 1. The molecule has 1 heterocycles. The second kappa shape index (κ2) is 8.73. The van der Waals surface area contributed by atoms with Crippen molar-refractivity contribution in [3.63, 3.8) is 0 Å². The van der Waals surface area contributed by atoms with Crippen LogP contribution in [-0.4, -0.2) is 37.8 Å². The molecule has 1 aromatic carbocycles. The molecular weight excluding hydrogens is 334 g/mol. The molecule has 0 aromatic heterocycles. The summed E-state index contributed by atoms with van der Waals surface area (Å²) in [5.41, 5.74) is 5.79. The maximum absolute atomic E-state index is 12.5. The molecule has 1 amide bonds. The number of carbonyl (C=O) groups is 1. The molecule has 1 aromatic rings. The first-order valence-electron chi connectivity index (χ1n) is 6.82. The molecule has 1 aliphatic heterocycles. The van der Waals surface area contributed by atoms with E-state index in [0.717, 1.165) is 0 Å². The average molecular weight is 353 g/mol. The number of nitrogens with two attached hydrogens (primary N) is 1. The van der Waals surface area contributed by atoms with Gasteiger partial charge in [0.1, 0.15) is 5.75 Å². The Morgan fingerprint density at radius 3 is 2.65 bits per heavy atom. The molecule has 0 bridgehead atoms. The van der Waals surface area contributed by atoms with E-state index in [1.165, 1.54) is 11.0 Å². The summed E-state index contributed by atoms with van der Waals surface area (Å²) in [4.78, 5) is 13.3. The number of fused-ring (bicyclic) bond motifs is 1. The molecule has 6 nitrogen and oxygen atoms in total. The van der Waals surface area contributed by atoms with Gasteiger partial charge in [-0.3, -0.25) is 4.79 Å². The van der Waals surface area contributed by atoms with Crippen molar-refractivity contribution in [2.24, 2.45) is 5.73 Å². The van der Waals surface area contributed by atoms with Crippen LogP contribution in [0.3, 0.4) is 0 Å². The van der Waals surface area contributed by atoms with Gasteiger partial charge in [-0.25, -0.2) is 0 Å². The van der Waals surface area contributed by atoms with Crippen LogP contribution >= 0.6 is 12.4 Å². The third-order valence-electron chi connectivity index (χ3n) is 3.20. The van der Waals surface area contributed by atoms with Crippen molar-refractivity contribution in [2.45, 2.75) is 26.0 Å². The SMILES string of the molecule is CN(Cc1cc2c(cc1OC(F)F)OCO2)C(=O)CCCN.Cl. The first-order chi connectivity index (χ1) is 10.5. The summed E-state index contributed by atoms with van der Waals surface area (Å²) in [7, 11) is 1.59. The minimum absolute atomic E-state index is 0. The monoisotopic (exact) mass is 352 g/mol. The largest absolute Gasteiger partial charge is 0.454 e. The number of rotatable bonds is 7. The molecular formula is C14H19ClF2N2O4. The van der Waals surface area contributed by atoms with E-state index in [1.54, 1.807) is 13.1 Å². The lowest BCUT2D eigenvalue weighted by atomic mass is 10.1. The fraction of sp³-hybridized carbons (Fsp3) is 0.500. The van der Waals surface area contributed by atoms with E-state index in [-0.39, 0.29) is 37.4 Å². The van der Waals surface area contributed by atoms with Crippen molar-refractivity contribution >= 4 is 18.3 Å². The van der Waals surface area contributed by atoms with Gasteiger partial charge in [0.2, 0.25) is 12.7 Å². The Morgan fingerprint density at radius 2 is 2.04 bits per heavy atom. The van der Waals surface area contributed by atoms with E-state index < -0.39 is 6.61 Å². The molecule has 0 unspecified atom stereocenters. The molecule has 0 radical (unpaired) electrons. The molecule has 0 atom stereocenters. The van der Waals surface area contributed by atoms with Gasteiger partial charge in [-0.15, -0.1) is 12.4 Å². The van der Waals surface area contributed by atoms with Crippen LogP contribution in [-0.2, 0) is 11.3 Å². The molecule has 0 saturated carbocycles. The number of alkyl halides is 2. The Bertz CT molecular complexity index is 546. The lowest BCUT2D eigenvalue weighted by Crippen LogP contribution is -2.26. The van der Waals surface area contributed by atoms with Gasteiger partial charge in [-0.2, -0.15) is 8.78 Å². The second-order valence-electron chi connectivity index (χ2n) is 4.83. The van der Waals surface area contributed by atoms with Crippen molar-refractivity contribution in [3.05, 3.63) is 17.7 Å². The molecule has 0 saturated heterocycles. The van der Waals surface area contributed by atoms with Crippen LogP contribution < -0.4 is 19.9 Å². The molecule has 0 spiro atoms. The predicted octanol–water partition coefficient (Wildman–Crippen LogP) is 2.14. The predicted molar refractivity (Wildman–Crippen MR) is 81.2 cm³/mol. The first-order valence-corrected chi connectivity index (χ1v) is 6.82. The third-order valence-corrected chi connectivity index (χ3v) is 3.20. The van der Waals surface area contributed by atoms with Crippen LogP contribution in [0.4, 0.5) is 8.78 Å². The minimum atomic E-state index is -2.96. The molecule has 2 N–H and O–H groups in total. The molecule has 1 aliphatic rings. The Kier molecular flexibility index (Phi) is 7.31. The number of hydrogen-bond donors (Lipinski definition) is 1. The molecule has 0 fully saturated rings. The Morgan fingerprint density at radius 1 is 1.39 bits per heavy atom. The number of nitrogens with zero attached hydrogens (tertiary/aromatic N) is 1. The zero-order valence-electron chi connectivity index (χ0n) is 12.6. The lowest BCUT2D eigenvalue weighted by Gasteiger charge is -2.19. The van der Waals surface area contributed by atoms with Crippen molar-refractivity contribution < 1.29 is 27.8 Å². The highest BCUT2D eigenvalue weighted by Gasteiger charge is 2.21. The molecule has 0 aliphatic carbocycles. The van der Waals surface area contributed by atoms with Crippen LogP contribution in [0.15, 0.2) is 12.1 Å². The fourth-order valence-corrected chi connectivity index (χ4v) is 2.08. The quantitative estimate of drug-likeness (QED) is 0.813. The van der Waals surface area contributed by atoms with Gasteiger partial charge in [0.05, 0.1) is 0 Å². The van der Waals surface area contributed by atoms with Gasteiger partial charge < -0.3 is 24.8 Å². The van der Waals surface area contributed by atoms with Crippen molar-refractivity contribution in [3.8, 4) is 17.2 Å². The van der Waals surface area contributed by atoms with Gasteiger partial charge in [0.15, 0.2) is 11.5 Å². The van der Waals surface area contributed by atoms with Crippen molar-refractivity contribution in [1.82, 2.24) is 4.90 Å². The molecule has 9 heteroatoms. The van der Waals surface area contributed by atoms with E-state index in [2.05, 4.69) is 4.74 Å². The summed E-state index contributed by atoms with van der Waals surface area (Å²) >= 11 is 0. The van der Waals surface area contributed by atoms with E-state index in [9.17, 15) is 13.6 Å². The molecule has 2 rings (SSSR count). The number of ether oxygens (including phenoxy) is 3. The van der Waals surface area contributed by atoms with Gasteiger partial charge in [0, 0.05) is 31.6 Å².